The Bertz CT molecular complexity index is 665. The molecule has 20 heavy (non-hydrogen) atoms. The summed E-state index contributed by atoms with van der Waals surface area (Å²) in [5, 5.41) is 13.2. The number of rotatable bonds is 4. The van der Waals surface area contributed by atoms with Gasteiger partial charge in [0.25, 0.3) is 0 Å². The molecule has 4 nitrogen and oxygen atoms in total. The number of benzene rings is 1. The Morgan fingerprint density at radius 1 is 1.25 bits per heavy atom. The van der Waals surface area contributed by atoms with E-state index in [-0.39, 0.29) is 5.56 Å². The van der Waals surface area contributed by atoms with Gasteiger partial charge >= 0.3 is 5.97 Å². The first-order valence-electron chi connectivity index (χ1n) is 5.90. The summed E-state index contributed by atoms with van der Waals surface area (Å²) in [5.41, 5.74) is 1.73. The van der Waals surface area contributed by atoms with Gasteiger partial charge in [0.2, 0.25) is 0 Å². The van der Waals surface area contributed by atoms with Crippen LogP contribution in [0.5, 0.6) is 0 Å². The molecule has 0 saturated carbocycles. The number of carbonyl (C=O) groups is 1. The maximum atomic E-state index is 10.9. The Labute approximate surface area is 126 Å². The van der Waals surface area contributed by atoms with Crippen molar-refractivity contribution in [2.24, 2.45) is 0 Å². The molecule has 1 aromatic carbocycles. The topological polar surface area (TPSA) is 62.5 Å². The fraction of sp³-hybridized carbons (Fsp3) is 0.214. The molecule has 0 aliphatic heterocycles. The van der Waals surface area contributed by atoms with Crippen LogP contribution in [0.25, 0.3) is 0 Å². The molecule has 0 spiro atoms. The van der Waals surface area contributed by atoms with E-state index in [4.69, 9.17) is 32.7 Å². The van der Waals surface area contributed by atoms with Crippen LogP contribution in [0.15, 0.2) is 22.6 Å². The number of aryl methyl sites for hydroxylation is 2. The average Bonchev–Trinajstić information content (AvgIpc) is 2.74. The van der Waals surface area contributed by atoms with Crippen LogP contribution in [0.3, 0.4) is 0 Å². The van der Waals surface area contributed by atoms with Gasteiger partial charge in [-0.25, -0.2) is 4.79 Å². The highest BCUT2D eigenvalue weighted by atomic mass is 35.5. The molecule has 106 valence electrons. The zero-order valence-corrected chi connectivity index (χ0v) is 12.5. The lowest BCUT2D eigenvalue weighted by Gasteiger charge is -2.09. The van der Waals surface area contributed by atoms with Gasteiger partial charge in [0, 0.05) is 5.02 Å². The highest BCUT2D eigenvalue weighted by Gasteiger charge is 2.14. The van der Waals surface area contributed by atoms with E-state index in [1.807, 2.05) is 6.92 Å². The van der Waals surface area contributed by atoms with Crippen molar-refractivity contribution < 1.29 is 14.3 Å². The lowest BCUT2D eigenvalue weighted by atomic mass is 10.2. The number of nitrogens with one attached hydrogen (secondary N) is 1. The van der Waals surface area contributed by atoms with E-state index < -0.39 is 5.97 Å². The van der Waals surface area contributed by atoms with E-state index in [9.17, 15) is 4.79 Å². The first-order chi connectivity index (χ1) is 9.38. The number of hydrogen-bond donors (Lipinski definition) is 2. The second-order valence-corrected chi connectivity index (χ2v) is 5.24. The number of hydrogen-bond acceptors (Lipinski definition) is 3. The lowest BCUT2D eigenvalue weighted by Crippen LogP contribution is -1.99. The number of carboxylic acids is 1. The predicted molar refractivity (Wildman–Crippen MR) is 78.9 cm³/mol. The summed E-state index contributed by atoms with van der Waals surface area (Å²) in [6, 6.07) is 4.99. The van der Waals surface area contributed by atoms with Crippen molar-refractivity contribution in [3.8, 4) is 0 Å². The normalized spacial score (nSPS) is 10.6. The third kappa shape index (κ3) is 3.08. The Balaban J connectivity index is 2.15. The zero-order chi connectivity index (χ0) is 14.9. The second kappa shape index (κ2) is 5.77. The van der Waals surface area contributed by atoms with Crippen molar-refractivity contribution >= 4 is 34.9 Å². The van der Waals surface area contributed by atoms with E-state index >= 15 is 0 Å². The molecule has 2 aromatic rings. The molecule has 0 radical (unpaired) electrons. The molecule has 2 rings (SSSR count). The fourth-order valence-electron chi connectivity index (χ4n) is 1.81. The van der Waals surface area contributed by atoms with Crippen LogP contribution >= 0.6 is 23.2 Å². The third-order valence-corrected chi connectivity index (χ3v) is 3.62. The van der Waals surface area contributed by atoms with Gasteiger partial charge in [-0.1, -0.05) is 23.2 Å². The highest BCUT2D eigenvalue weighted by molar-refractivity contribution is 6.35. The molecule has 6 heteroatoms. The van der Waals surface area contributed by atoms with Crippen LogP contribution in [0.2, 0.25) is 10.0 Å². The molecule has 1 heterocycles. The summed E-state index contributed by atoms with van der Waals surface area (Å²) in [5.74, 6) is -0.107. The van der Waals surface area contributed by atoms with Crippen LogP contribution in [0, 0.1) is 13.8 Å². The van der Waals surface area contributed by atoms with E-state index in [2.05, 4.69) is 5.32 Å². The Kier molecular flexibility index (Phi) is 4.26. The number of furan rings is 1. The SMILES string of the molecule is Cc1cc(Cl)c(NCc2cc(C(=O)O)c(C)o2)cc1Cl. The first kappa shape index (κ1) is 14.8. The summed E-state index contributed by atoms with van der Waals surface area (Å²) in [6.07, 6.45) is 0. The van der Waals surface area contributed by atoms with Gasteiger partial charge in [-0.05, 0) is 37.6 Å². The second-order valence-electron chi connectivity index (χ2n) is 4.42. The van der Waals surface area contributed by atoms with E-state index in [1.54, 1.807) is 19.1 Å². The van der Waals surface area contributed by atoms with Crippen LogP contribution in [0.4, 0.5) is 5.69 Å². The minimum atomic E-state index is -1.01. The van der Waals surface area contributed by atoms with Gasteiger partial charge in [-0.15, -0.1) is 0 Å². The first-order valence-corrected chi connectivity index (χ1v) is 6.66. The summed E-state index contributed by atoms with van der Waals surface area (Å²) in [4.78, 5) is 10.9. The zero-order valence-electron chi connectivity index (χ0n) is 11.0. The highest BCUT2D eigenvalue weighted by Crippen LogP contribution is 2.29. The summed E-state index contributed by atoms with van der Waals surface area (Å²) >= 11 is 12.1. The molecule has 0 atom stereocenters. The smallest absolute Gasteiger partial charge is 0.339 e. The minimum absolute atomic E-state index is 0.162. The maximum absolute atomic E-state index is 10.9. The lowest BCUT2D eigenvalue weighted by molar-refractivity contribution is 0.0695. The quantitative estimate of drug-likeness (QED) is 0.871. The predicted octanol–water partition coefficient (Wildman–Crippen LogP) is 4.51. The number of halogens is 2. The van der Waals surface area contributed by atoms with Crippen molar-refractivity contribution in [2.45, 2.75) is 20.4 Å². The van der Waals surface area contributed by atoms with Crippen LogP contribution < -0.4 is 5.32 Å². The molecule has 2 N–H and O–H groups in total. The molecule has 1 aromatic heterocycles. The van der Waals surface area contributed by atoms with E-state index in [1.165, 1.54) is 6.07 Å². The monoisotopic (exact) mass is 313 g/mol. The summed E-state index contributed by atoms with van der Waals surface area (Å²) in [7, 11) is 0. The summed E-state index contributed by atoms with van der Waals surface area (Å²) < 4.78 is 5.37. The molecule has 0 aliphatic rings. The van der Waals surface area contributed by atoms with Gasteiger partial charge in [-0.2, -0.15) is 0 Å². The van der Waals surface area contributed by atoms with Crippen molar-refractivity contribution in [1.29, 1.82) is 0 Å². The molecule has 0 fully saturated rings. The van der Waals surface area contributed by atoms with Crippen molar-refractivity contribution in [3.63, 3.8) is 0 Å². The number of aromatic carboxylic acids is 1. The van der Waals surface area contributed by atoms with Crippen LogP contribution in [-0.4, -0.2) is 11.1 Å². The molecule has 0 bridgehead atoms. The molecule has 0 aliphatic carbocycles. The Hall–Kier alpha value is -1.65. The van der Waals surface area contributed by atoms with Gasteiger partial charge in [0.1, 0.15) is 17.1 Å². The summed E-state index contributed by atoms with van der Waals surface area (Å²) in [6.45, 7) is 3.81. The maximum Gasteiger partial charge on any atom is 0.339 e. The van der Waals surface area contributed by atoms with Gasteiger partial charge in [0.15, 0.2) is 0 Å². The average molecular weight is 314 g/mol. The molecule has 0 unspecified atom stereocenters. The molecule has 0 amide bonds. The van der Waals surface area contributed by atoms with Gasteiger partial charge in [0.05, 0.1) is 17.3 Å². The van der Waals surface area contributed by atoms with Crippen LogP contribution in [-0.2, 0) is 6.54 Å². The largest absolute Gasteiger partial charge is 0.478 e. The molecular formula is C14H13Cl2NO3. The van der Waals surface area contributed by atoms with Gasteiger partial charge < -0.3 is 14.8 Å². The van der Waals surface area contributed by atoms with Crippen LogP contribution in [0.1, 0.15) is 27.4 Å². The third-order valence-electron chi connectivity index (χ3n) is 2.90. The van der Waals surface area contributed by atoms with Crippen molar-refractivity contribution in [3.05, 3.63) is 50.9 Å². The van der Waals surface area contributed by atoms with Crippen molar-refractivity contribution in [1.82, 2.24) is 0 Å². The number of carboxylic acid groups (broad SMARTS) is 1. The van der Waals surface area contributed by atoms with E-state index in [0.717, 1.165) is 5.56 Å². The van der Waals surface area contributed by atoms with Crippen molar-refractivity contribution in [2.75, 3.05) is 5.32 Å². The Morgan fingerprint density at radius 3 is 2.55 bits per heavy atom. The fourth-order valence-corrected chi connectivity index (χ4v) is 2.26. The van der Waals surface area contributed by atoms with Gasteiger partial charge in [-0.3, -0.25) is 0 Å². The molecule has 0 saturated heterocycles. The van der Waals surface area contributed by atoms with E-state index in [0.29, 0.717) is 33.8 Å². The number of anilines is 1. The molecular weight excluding hydrogens is 301 g/mol. The minimum Gasteiger partial charge on any atom is -0.478 e. The Morgan fingerprint density at radius 2 is 1.95 bits per heavy atom. The standard InChI is InChI=1S/C14H13Cl2NO3/c1-7-3-12(16)13(5-11(7)15)17-6-9-4-10(14(18)19)8(2)20-9/h3-5,17H,6H2,1-2H3,(H,18,19).